The summed E-state index contributed by atoms with van der Waals surface area (Å²) >= 11 is 0. The maximum atomic E-state index is 12.7. The number of hydrogen-bond acceptors (Lipinski definition) is 7. The van der Waals surface area contributed by atoms with Gasteiger partial charge in [-0.15, -0.1) is 5.10 Å². The van der Waals surface area contributed by atoms with Crippen LogP contribution in [0.15, 0.2) is 29.3 Å². The van der Waals surface area contributed by atoms with Crippen molar-refractivity contribution in [1.29, 1.82) is 0 Å². The molecule has 4 heterocycles. The molecule has 0 amide bonds. The molecule has 4 aromatic heterocycles. The molecule has 0 unspecified atom stereocenters. The molecule has 0 spiro atoms. The number of aryl methyl sites for hydroxylation is 3. The Hall–Kier alpha value is -3.36. The first-order chi connectivity index (χ1) is 11.5. The second kappa shape index (κ2) is 5.08. The van der Waals surface area contributed by atoms with E-state index in [1.807, 2.05) is 19.9 Å². The van der Waals surface area contributed by atoms with E-state index in [0.717, 1.165) is 11.4 Å². The van der Waals surface area contributed by atoms with E-state index in [1.165, 1.54) is 10.9 Å². The Labute approximate surface area is 136 Å². The number of hydrogen-bond donors (Lipinski definition) is 1. The van der Waals surface area contributed by atoms with Crippen molar-refractivity contribution in [2.24, 2.45) is 0 Å². The van der Waals surface area contributed by atoms with Gasteiger partial charge in [0.1, 0.15) is 5.82 Å². The third-order valence-electron chi connectivity index (χ3n) is 3.54. The van der Waals surface area contributed by atoms with Crippen LogP contribution in [-0.4, -0.2) is 34.2 Å². The highest BCUT2D eigenvalue weighted by atomic mass is 16.1. The maximum absolute atomic E-state index is 12.7. The fourth-order valence-corrected chi connectivity index (χ4v) is 2.59. The Morgan fingerprint density at radius 2 is 1.83 bits per heavy atom. The van der Waals surface area contributed by atoms with Gasteiger partial charge in [0, 0.05) is 23.8 Å². The van der Waals surface area contributed by atoms with E-state index < -0.39 is 0 Å². The molecule has 0 aliphatic rings. The van der Waals surface area contributed by atoms with Crippen LogP contribution < -0.4 is 11.0 Å². The van der Waals surface area contributed by atoms with Crippen molar-refractivity contribution in [1.82, 2.24) is 34.2 Å². The van der Waals surface area contributed by atoms with Crippen molar-refractivity contribution < 1.29 is 0 Å². The normalized spacial score (nSPS) is 11.3. The zero-order valence-electron chi connectivity index (χ0n) is 13.3. The molecule has 0 fully saturated rings. The van der Waals surface area contributed by atoms with Crippen LogP contribution >= 0.6 is 0 Å². The molecule has 24 heavy (non-hydrogen) atoms. The zero-order chi connectivity index (χ0) is 16.8. The van der Waals surface area contributed by atoms with Gasteiger partial charge in [-0.3, -0.25) is 10.2 Å². The Balaban J connectivity index is 1.86. The van der Waals surface area contributed by atoms with Gasteiger partial charge in [-0.05, 0) is 32.9 Å². The summed E-state index contributed by atoms with van der Waals surface area (Å²) in [6.07, 6.45) is 3.11. The molecule has 4 aromatic rings. The summed E-state index contributed by atoms with van der Waals surface area (Å²) < 4.78 is 2.89. The standard InChI is InChI=1S/C15H14N8O/c1-8-6-9(2)18-14(17-8)21-22-5-4-12-11(13(22)24)7-16-15-19-10(3)20-23(12)15/h4-7H,1-3H3,(H,17,18,21). The molecule has 0 aromatic carbocycles. The molecule has 1 N–H and O–H groups in total. The average Bonchev–Trinajstić information content (AvgIpc) is 2.89. The number of nitrogens with zero attached hydrogens (tertiary/aromatic N) is 7. The van der Waals surface area contributed by atoms with Gasteiger partial charge < -0.3 is 0 Å². The van der Waals surface area contributed by atoms with Gasteiger partial charge in [0.15, 0.2) is 0 Å². The topological polar surface area (TPSA) is 103 Å². The van der Waals surface area contributed by atoms with E-state index in [4.69, 9.17) is 0 Å². The quantitative estimate of drug-likeness (QED) is 0.588. The minimum Gasteiger partial charge on any atom is -0.267 e. The second-order valence-corrected chi connectivity index (χ2v) is 5.50. The lowest BCUT2D eigenvalue weighted by atomic mass is 10.3. The first-order valence-corrected chi connectivity index (χ1v) is 7.34. The van der Waals surface area contributed by atoms with Crippen molar-refractivity contribution in [2.75, 3.05) is 5.43 Å². The van der Waals surface area contributed by atoms with Gasteiger partial charge >= 0.3 is 0 Å². The Morgan fingerprint density at radius 1 is 1.08 bits per heavy atom. The summed E-state index contributed by atoms with van der Waals surface area (Å²) in [5.74, 6) is 1.42. The maximum Gasteiger partial charge on any atom is 0.280 e. The van der Waals surface area contributed by atoms with Gasteiger partial charge in [0.2, 0.25) is 5.95 Å². The van der Waals surface area contributed by atoms with Crippen LogP contribution in [0.3, 0.4) is 0 Å². The third-order valence-corrected chi connectivity index (χ3v) is 3.54. The fraction of sp³-hybridized carbons (Fsp3) is 0.200. The number of rotatable bonds is 2. The monoisotopic (exact) mass is 322 g/mol. The molecule has 4 rings (SSSR count). The zero-order valence-corrected chi connectivity index (χ0v) is 13.3. The van der Waals surface area contributed by atoms with Gasteiger partial charge in [0.05, 0.1) is 10.9 Å². The predicted octanol–water partition coefficient (Wildman–Crippen LogP) is 1.03. The van der Waals surface area contributed by atoms with E-state index in [2.05, 4.69) is 30.5 Å². The van der Waals surface area contributed by atoms with Gasteiger partial charge in [-0.25, -0.2) is 19.6 Å². The van der Waals surface area contributed by atoms with Crippen molar-refractivity contribution in [3.05, 3.63) is 52.1 Å². The van der Waals surface area contributed by atoms with E-state index in [9.17, 15) is 4.79 Å². The summed E-state index contributed by atoms with van der Waals surface area (Å²) in [6.45, 7) is 5.52. The molecule has 0 aliphatic carbocycles. The highest BCUT2D eigenvalue weighted by Crippen LogP contribution is 2.10. The summed E-state index contributed by atoms with van der Waals surface area (Å²) in [6, 6.07) is 3.64. The van der Waals surface area contributed by atoms with Crippen LogP contribution in [-0.2, 0) is 0 Å². The van der Waals surface area contributed by atoms with E-state index in [-0.39, 0.29) is 5.56 Å². The molecule has 0 aliphatic heterocycles. The number of fused-ring (bicyclic) bond motifs is 3. The first-order valence-electron chi connectivity index (χ1n) is 7.34. The van der Waals surface area contributed by atoms with Gasteiger partial charge in [0.25, 0.3) is 11.3 Å². The van der Waals surface area contributed by atoms with Crippen LogP contribution in [0.25, 0.3) is 16.7 Å². The largest absolute Gasteiger partial charge is 0.280 e. The minimum absolute atomic E-state index is 0.266. The van der Waals surface area contributed by atoms with E-state index in [0.29, 0.717) is 28.5 Å². The lowest BCUT2D eigenvalue weighted by Crippen LogP contribution is -2.27. The molecule has 9 heteroatoms. The Morgan fingerprint density at radius 3 is 2.58 bits per heavy atom. The summed E-state index contributed by atoms with van der Waals surface area (Å²) in [7, 11) is 0. The molecule has 0 saturated carbocycles. The number of pyridine rings is 1. The lowest BCUT2D eigenvalue weighted by molar-refractivity contribution is 0.864. The highest BCUT2D eigenvalue weighted by Gasteiger charge is 2.10. The predicted molar refractivity (Wildman–Crippen MR) is 87.8 cm³/mol. The van der Waals surface area contributed by atoms with Crippen LogP contribution in [0, 0.1) is 20.8 Å². The molecule has 9 nitrogen and oxygen atoms in total. The van der Waals surface area contributed by atoms with Crippen molar-refractivity contribution in [3.63, 3.8) is 0 Å². The van der Waals surface area contributed by atoms with Crippen LogP contribution in [0.5, 0.6) is 0 Å². The van der Waals surface area contributed by atoms with Crippen molar-refractivity contribution >= 4 is 22.6 Å². The van der Waals surface area contributed by atoms with Crippen LogP contribution in [0.1, 0.15) is 17.2 Å². The molecule has 120 valence electrons. The number of aromatic nitrogens is 7. The molecule has 0 atom stereocenters. The van der Waals surface area contributed by atoms with Gasteiger partial charge in [-0.2, -0.15) is 9.50 Å². The summed E-state index contributed by atoms with van der Waals surface area (Å²) in [4.78, 5) is 29.6. The van der Waals surface area contributed by atoms with Crippen LogP contribution in [0.2, 0.25) is 0 Å². The van der Waals surface area contributed by atoms with E-state index in [1.54, 1.807) is 23.7 Å². The lowest BCUT2D eigenvalue weighted by Gasteiger charge is -2.10. The second-order valence-electron chi connectivity index (χ2n) is 5.50. The number of nitrogens with one attached hydrogen (secondary N) is 1. The van der Waals surface area contributed by atoms with Crippen molar-refractivity contribution in [2.45, 2.75) is 20.8 Å². The SMILES string of the molecule is Cc1cc(C)nc(Nn2ccc3c(cnc4nc(C)nn43)c2=O)n1. The number of anilines is 1. The molecule has 0 bridgehead atoms. The van der Waals surface area contributed by atoms with Gasteiger partial charge in [-0.1, -0.05) is 0 Å². The first kappa shape index (κ1) is 14.2. The molecular formula is C15H14N8O. The van der Waals surface area contributed by atoms with Crippen molar-refractivity contribution in [3.8, 4) is 0 Å². The average molecular weight is 322 g/mol. The smallest absolute Gasteiger partial charge is 0.267 e. The fourth-order valence-electron chi connectivity index (χ4n) is 2.59. The Kier molecular flexibility index (Phi) is 3.02. The summed E-state index contributed by atoms with van der Waals surface area (Å²) in [5, 5.41) is 4.69. The molecule has 0 radical (unpaired) electrons. The molecule has 0 saturated heterocycles. The summed E-state index contributed by atoms with van der Waals surface area (Å²) in [5.41, 5.74) is 4.93. The highest BCUT2D eigenvalue weighted by molar-refractivity contribution is 5.78. The molecular weight excluding hydrogens is 308 g/mol. The third kappa shape index (κ3) is 2.26. The van der Waals surface area contributed by atoms with E-state index >= 15 is 0 Å². The Bertz CT molecular complexity index is 1120. The van der Waals surface area contributed by atoms with Crippen LogP contribution in [0.4, 0.5) is 5.95 Å². The minimum atomic E-state index is -0.266.